The van der Waals surface area contributed by atoms with Gasteiger partial charge in [0.15, 0.2) is 11.6 Å². The van der Waals surface area contributed by atoms with Crippen molar-refractivity contribution in [2.75, 3.05) is 18.1 Å². The fourth-order valence-electron chi connectivity index (χ4n) is 1.05. The number of halogens is 1. The van der Waals surface area contributed by atoms with Gasteiger partial charge < -0.3 is 15.6 Å². The zero-order valence-electron chi connectivity index (χ0n) is 9.14. The van der Waals surface area contributed by atoms with Gasteiger partial charge in [-0.2, -0.15) is 11.8 Å². The normalized spacial score (nSPS) is 12.1. The van der Waals surface area contributed by atoms with Crippen molar-refractivity contribution >= 4 is 17.7 Å². The lowest BCUT2D eigenvalue weighted by Gasteiger charge is -2.08. The van der Waals surface area contributed by atoms with Gasteiger partial charge in [-0.25, -0.2) is 4.39 Å². The topological polar surface area (TPSA) is 72.5 Å². The van der Waals surface area contributed by atoms with Gasteiger partial charge in [-0.3, -0.25) is 4.79 Å². The van der Waals surface area contributed by atoms with Crippen LogP contribution in [-0.2, 0) is 4.79 Å². The van der Waals surface area contributed by atoms with E-state index in [4.69, 9.17) is 15.6 Å². The van der Waals surface area contributed by atoms with Crippen LogP contribution in [0.4, 0.5) is 4.39 Å². The number of ether oxygens (including phenoxy) is 1. The van der Waals surface area contributed by atoms with E-state index in [9.17, 15) is 9.18 Å². The Morgan fingerprint density at radius 2 is 2.24 bits per heavy atom. The van der Waals surface area contributed by atoms with E-state index in [2.05, 4.69) is 0 Å². The van der Waals surface area contributed by atoms with E-state index in [-0.39, 0.29) is 5.75 Å². The van der Waals surface area contributed by atoms with Crippen LogP contribution in [0.1, 0.15) is 0 Å². The number of carbonyl (C=O) groups is 1. The number of nitrogens with two attached hydrogens (primary N) is 1. The van der Waals surface area contributed by atoms with Crippen LogP contribution < -0.4 is 10.5 Å². The summed E-state index contributed by atoms with van der Waals surface area (Å²) in [4.78, 5) is 10.4. The molecule has 4 nitrogen and oxygen atoms in total. The molecule has 6 heteroatoms. The highest BCUT2D eigenvalue weighted by Crippen LogP contribution is 2.15. The third kappa shape index (κ3) is 5.06. The first-order valence-electron chi connectivity index (χ1n) is 5.04. The van der Waals surface area contributed by atoms with E-state index in [0.717, 1.165) is 0 Å². The van der Waals surface area contributed by atoms with Crippen LogP contribution in [0.15, 0.2) is 24.3 Å². The van der Waals surface area contributed by atoms with Gasteiger partial charge in [0, 0.05) is 11.5 Å². The highest BCUT2D eigenvalue weighted by atomic mass is 32.2. The van der Waals surface area contributed by atoms with Gasteiger partial charge in [-0.05, 0) is 12.1 Å². The molecule has 0 saturated carbocycles. The van der Waals surface area contributed by atoms with Crippen molar-refractivity contribution in [1.29, 1.82) is 0 Å². The first kappa shape index (κ1) is 13.8. The summed E-state index contributed by atoms with van der Waals surface area (Å²) in [6, 6.07) is 5.27. The largest absolute Gasteiger partial charge is 0.490 e. The zero-order valence-corrected chi connectivity index (χ0v) is 9.95. The predicted molar refractivity (Wildman–Crippen MR) is 64.8 cm³/mol. The molecule has 0 heterocycles. The summed E-state index contributed by atoms with van der Waals surface area (Å²) < 4.78 is 18.3. The van der Waals surface area contributed by atoms with Gasteiger partial charge in [-0.1, -0.05) is 12.1 Å². The Kier molecular flexibility index (Phi) is 5.79. The molecule has 1 rings (SSSR count). The molecule has 0 aliphatic rings. The number of rotatable bonds is 7. The Labute approximate surface area is 103 Å². The summed E-state index contributed by atoms with van der Waals surface area (Å²) in [6.45, 7) is 0.317. The van der Waals surface area contributed by atoms with Crippen LogP contribution in [0.25, 0.3) is 0 Å². The second-order valence-electron chi connectivity index (χ2n) is 3.30. The second-order valence-corrected chi connectivity index (χ2v) is 4.45. The molecule has 0 bridgehead atoms. The van der Waals surface area contributed by atoms with Crippen LogP contribution in [0.3, 0.4) is 0 Å². The average molecular weight is 259 g/mol. The monoisotopic (exact) mass is 259 g/mol. The van der Waals surface area contributed by atoms with Crippen molar-refractivity contribution in [2.45, 2.75) is 6.04 Å². The summed E-state index contributed by atoms with van der Waals surface area (Å²) >= 11 is 1.36. The second kappa shape index (κ2) is 7.13. The van der Waals surface area contributed by atoms with Crippen LogP contribution in [0.5, 0.6) is 5.75 Å². The number of benzene rings is 1. The van der Waals surface area contributed by atoms with Crippen molar-refractivity contribution in [2.24, 2.45) is 5.73 Å². The molecule has 0 aliphatic carbocycles. The molecule has 0 saturated heterocycles. The Hall–Kier alpha value is -1.27. The number of hydrogen-bond acceptors (Lipinski definition) is 4. The van der Waals surface area contributed by atoms with Gasteiger partial charge >= 0.3 is 5.97 Å². The molecular weight excluding hydrogens is 245 g/mol. The standard InChI is InChI=1S/C11H14FNO3S/c12-8-3-1-2-4-10(8)16-5-6-17-7-9(13)11(14)15/h1-4,9H,5-7,13H2,(H,14,15)/t9-/m1/s1. The smallest absolute Gasteiger partial charge is 0.321 e. The summed E-state index contributed by atoms with van der Waals surface area (Å²) in [5.41, 5.74) is 5.31. The number of hydrogen-bond donors (Lipinski definition) is 2. The quantitative estimate of drug-likeness (QED) is 0.723. The van der Waals surface area contributed by atoms with Crippen molar-refractivity contribution in [3.05, 3.63) is 30.1 Å². The zero-order chi connectivity index (χ0) is 12.7. The van der Waals surface area contributed by atoms with E-state index >= 15 is 0 Å². The third-order valence-electron chi connectivity index (χ3n) is 1.94. The van der Waals surface area contributed by atoms with Crippen LogP contribution in [-0.4, -0.2) is 35.2 Å². The number of carboxylic acid groups (broad SMARTS) is 1. The Morgan fingerprint density at radius 3 is 2.88 bits per heavy atom. The van der Waals surface area contributed by atoms with Crippen LogP contribution in [0, 0.1) is 5.82 Å². The maximum Gasteiger partial charge on any atom is 0.321 e. The highest BCUT2D eigenvalue weighted by Gasteiger charge is 2.10. The summed E-state index contributed by atoms with van der Waals surface area (Å²) in [5.74, 6) is -0.339. The highest BCUT2D eigenvalue weighted by molar-refractivity contribution is 7.99. The number of aliphatic carboxylic acids is 1. The molecule has 0 aromatic heterocycles. The molecule has 0 unspecified atom stereocenters. The Balaban J connectivity index is 2.17. The van der Waals surface area contributed by atoms with Gasteiger partial charge in [0.1, 0.15) is 6.04 Å². The van der Waals surface area contributed by atoms with Crippen molar-refractivity contribution < 1.29 is 19.0 Å². The fourth-order valence-corrected chi connectivity index (χ4v) is 1.82. The molecule has 3 N–H and O–H groups in total. The van der Waals surface area contributed by atoms with Gasteiger partial charge in [0.2, 0.25) is 0 Å². The molecule has 0 aliphatic heterocycles. The number of para-hydroxylation sites is 1. The minimum absolute atomic E-state index is 0.204. The minimum atomic E-state index is -1.02. The van der Waals surface area contributed by atoms with Crippen LogP contribution in [0.2, 0.25) is 0 Å². The molecule has 0 spiro atoms. The van der Waals surface area contributed by atoms with Crippen molar-refractivity contribution in [3.8, 4) is 5.75 Å². The molecule has 94 valence electrons. The lowest BCUT2D eigenvalue weighted by atomic mass is 10.3. The first-order valence-corrected chi connectivity index (χ1v) is 6.20. The summed E-state index contributed by atoms with van der Waals surface area (Å²) in [7, 11) is 0. The molecule has 0 amide bonds. The molecule has 1 aromatic rings. The number of carboxylic acids is 1. The van der Waals surface area contributed by atoms with E-state index in [1.54, 1.807) is 18.2 Å². The number of thioether (sulfide) groups is 1. The molecule has 1 atom stereocenters. The van der Waals surface area contributed by atoms with E-state index in [0.29, 0.717) is 18.1 Å². The molecule has 17 heavy (non-hydrogen) atoms. The first-order chi connectivity index (χ1) is 8.11. The van der Waals surface area contributed by atoms with Gasteiger partial charge in [-0.15, -0.1) is 0 Å². The maximum absolute atomic E-state index is 13.1. The summed E-state index contributed by atoms with van der Waals surface area (Å²) in [5, 5.41) is 8.53. The van der Waals surface area contributed by atoms with Crippen LogP contribution >= 0.6 is 11.8 Å². The fraction of sp³-hybridized carbons (Fsp3) is 0.364. The van der Waals surface area contributed by atoms with Gasteiger partial charge in [0.25, 0.3) is 0 Å². The van der Waals surface area contributed by atoms with E-state index in [1.807, 2.05) is 0 Å². The lowest BCUT2D eigenvalue weighted by molar-refractivity contribution is -0.137. The SMILES string of the molecule is N[C@H](CSCCOc1ccccc1F)C(=O)O. The average Bonchev–Trinajstić information content (AvgIpc) is 2.30. The third-order valence-corrected chi connectivity index (χ3v) is 2.99. The van der Waals surface area contributed by atoms with Crippen molar-refractivity contribution in [3.63, 3.8) is 0 Å². The molecule has 0 fully saturated rings. The molecular formula is C11H14FNO3S. The Morgan fingerprint density at radius 1 is 1.53 bits per heavy atom. The summed E-state index contributed by atoms with van der Waals surface area (Å²) in [6.07, 6.45) is 0. The minimum Gasteiger partial charge on any atom is -0.490 e. The Bertz CT molecular complexity index is 375. The molecule has 1 aromatic carbocycles. The lowest BCUT2D eigenvalue weighted by Crippen LogP contribution is -2.32. The van der Waals surface area contributed by atoms with E-state index < -0.39 is 17.8 Å². The van der Waals surface area contributed by atoms with Crippen molar-refractivity contribution in [1.82, 2.24) is 0 Å². The maximum atomic E-state index is 13.1. The predicted octanol–water partition coefficient (Wildman–Crippen LogP) is 1.35. The molecule has 0 radical (unpaired) electrons. The van der Waals surface area contributed by atoms with Gasteiger partial charge in [0.05, 0.1) is 6.61 Å². The van der Waals surface area contributed by atoms with E-state index in [1.165, 1.54) is 17.8 Å².